The van der Waals surface area contributed by atoms with Crippen molar-refractivity contribution in [1.29, 1.82) is 0 Å². The van der Waals surface area contributed by atoms with Crippen LogP contribution in [0.15, 0.2) is 30.3 Å². The van der Waals surface area contributed by atoms with Gasteiger partial charge in [-0.1, -0.05) is 78.0 Å². The molecule has 1 N–H and O–H groups in total. The fourth-order valence-electron chi connectivity index (χ4n) is 4.83. The third-order valence-electron chi connectivity index (χ3n) is 6.17. The Kier molecular flexibility index (Phi) is 7.63. The molecule has 0 radical (unpaired) electrons. The number of ether oxygens (including phenoxy) is 1. The Balaban J connectivity index is 2.45. The van der Waals surface area contributed by atoms with Crippen LogP contribution in [0.4, 0.5) is 4.79 Å². The molecule has 164 valence electrons. The fraction of sp³-hybridized carbons (Fsp3) is 0.577. The van der Waals surface area contributed by atoms with Crippen LogP contribution in [0.3, 0.4) is 0 Å². The molecule has 0 heterocycles. The van der Waals surface area contributed by atoms with Crippen LogP contribution in [-0.2, 0) is 4.74 Å². The molecule has 1 amide bonds. The number of fused-ring (bicyclic) bond motifs is 1. The van der Waals surface area contributed by atoms with Crippen LogP contribution in [0, 0.1) is 17.4 Å². The van der Waals surface area contributed by atoms with Crippen LogP contribution in [-0.4, -0.2) is 19.8 Å². The molecule has 0 unspecified atom stereocenters. The number of nitrogens with one attached hydrogen (secondary N) is 1. The first kappa shape index (κ1) is 24.3. The Morgan fingerprint density at radius 2 is 1.60 bits per heavy atom. The van der Waals surface area contributed by atoms with Crippen molar-refractivity contribution in [3.05, 3.63) is 41.5 Å². The maximum atomic E-state index is 12.6. The molecule has 1 aromatic rings. The van der Waals surface area contributed by atoms with Gasteiger partial charge in [-0.25, -0.2) is 4.79 Å². The molecule has 0 spiro atoms. The monoisotopic (exact) mass is 425 g/mol. The van der Waals surface area contributed by atoms with E-state index in [0.717, 1.165) is 11.1 Å². The van der Waals surface area contributed by atoms with Crippen LogP contribution < -0.4 is 5.32 Å². The van der Waals surface area contributed by atoms with Gasteiger partial charge >= 0.3 is 6.09 Å². The van der Waals surface area contributed by atoms with Crippen molar-refractivity contribution in [1.82, 2.24) is 5.32 Å². The number of hydrogen-bond donors (Lipinski definition) is 1. The molecule has 0 saturated heterocycles. The van der Waals surface area contributed by atoms with Crippen molar-refractivity contribution < 1.29 is 9.53 Å². The SMILES string of the molecule is CC(C)[Si](C#C[C@@H]1C=Cc2ccccc2[C@@H]1NC(=O)OC(C)(C)C)(C(C)C)C(C)C. The van der Waals surface area contributed by atoms with Gasteiger partial charge in [0.2, 0.25) is 0 Å². The lowest BCUT2D eigenvalue weighted by Crippen LogP contribution is -2.43. The second-order valence-corrected chi connectivity index (χ2v) is 15.9. The van der Waals surface area contributed by atoms with Crippen molar-refractivity contribution >= 4 is 20.2 Å². The molecule has 0 fully saturated rings. The highest BCUT2D eigenvalue weighted by Crippen LogP contribution is 2.41. The molecule has 0 aliphatic heterocycles. The molecule has 0 aromatic heterocycles. The molecule has 2 atom stereocenters. The van der Waals surface area contributed by atoms with E-state index in [9.17, 15) is 4.79 Å². The van der Waals surface area contributed by atoms with Crippen LogP contribution in [0.1, 0.15) is 79.5 Å². The van der Waals surface area contributed by atoms with E-state index in [4.69, 9.17) is 4.74 Å². The molecule has 1 aliphatic rings. The molecule has 1 aliphatic carbocycles. The van der Waals surface area contributed by atoms with E-state index < -0.39 is 19.8 Å². The Labute approximate surface area is 184 Å². The Hall–Kier alpha value is -1.99. The first-order chi connectivity index (χ1) is 13.9. The number of hydrogen-bond acceptors (Lipinski definition) is 2. The summed E-state index contributed by atoms with van der Waals surface area (Å²) < 4.78 is 5.55. The molecule has 1 aromatic carbocycles. The Bertz CT molecular complexity index is 815. The maximum Gasteiger partial charge on any atom is 0.408 e. The van der Waals surface area contributed by atoms with Gasteiger partial charge in [0, 0.05) is 0 Å². The summed E-state index contributed by atoms with van der Waals surface area (Å²) >= 11 is 0. The minimum Gasteiger partial charge on any atom is -0.444 e. The van der Waals surface area contributed by atoms with Crippen molar-refractivity contribution in [2.24, 2.45) is 5.92 Å². The zero-order valence-electron chi connectivity index (χ0n) is 20.2. The number of carbonyl (C=O) groups is 1. The average molecular weight is 426 g/mol. The number of benzene rings is 1. The summed E-state index contributed by atoms with van der Waals surface area (Å²) in [6, 6.07) is 7.98. The normalized spacial score (nSPS) is 18.8. The van der Waals surface area contributed by atoms with Gasteiger partial charge < -0.3 is 10.1 Å². The molecule has 0 bridgehead atoms. The van der Waals surface area contributed by atoms with E-state index in [1.54, 1.807) is 0 Å². The lowest BCUT2D eigenvalue weighted by Gasteiger charge is -2.38. The summed E-state index contributed by atoms with van der Waals surface area (Å²) in [4.78, 5) is 12.6. The molecular weight excluding hydrogens is 386 g/mol. The highest BCUT2D eigenvalue weighted by atomic mass is 28.3. The van der Waals surface area contributed by atoms with E-state index >= 15 is 0 Å². The highest BCUT2D eigenvalue weighted by Gasteiger charge is 2.42. The topological polar surface area (TPSA) is 38.3 Å². The fourth-order valence-corrected chi connectivity index (χ4v) is 10.1. The third-order valence-corrected chi connectivity index (χ3v) is 12.5. The van der Waals surface area contributed by atoms with E-state index in [1.807, 2.05) is 32.9 Å². The molecule has 3 nitrogen and oxygen atoms in total. The third kappa shape index (κ3) is 5.37. The lowest BCUT2D eigenvalue weighted by atomic mass is 9.85. The average Bonchev–Trinajstić information content (AvgIpc) is 2.61. The lowest BCUT2D eigenvalue weighted by molar-refractivity contribution is 0.0497. The maximum absolute atomic E-state index is 12.6. The predicted molar refractivity (Wildman–Crippen MR) is 130 cm³/mol. The zero-order chi connectivity index (χ0) is 22.7. The molecule has 4 heteroatoms. The van der Waals surface area contributed by atoms with Gasteiger partial charge in [-0.3, -0.25) is 0 Å². The highest BCUT2D eigenvalue weighted by molar-refractivity contribution is 6.90. The second-order valence-electron chi connectivity index (χ2n) is 10.3. The predicted octanol–water partition coefficient (Wildman–Crippen LogP) is 7.12. The van der Waals surface area contributed by atoms with E-state index in [1.165, 1.54) is 0 Å². The van der Waals surface area contributed by atoms with Crippen LogP contribution >= 0.6 is 0 Å². The van der Waals surface area contributed by atoms with Crippen LogP contribution in [0.5, 0.6) is 0 Å². The molecular formula is C26H39NO2Si. The second kappa shape index (κ2) is 9.43. The smallest absolute Gasteiger partial charge is 0.408 e. The van der Waals surface area contributed by atoms with E-state index in [-0.39, 0.29) is 12.0 Å². The standard InChI is InChI=1S/C26H39NO2Si/c1-18(2)30(19(3)4,20(5)6)17-16-22-15-14-21-12-10-11-13-23(21)24(22)27-25(28)29-26(7,8)9/h10-15,18-20,22,24H,1-9H3,(H,27,28)/t22-,24+/m0/s1. The minimum absolute atomic E-state index is 0.0736. The summed E-state index contributed by atoms with van der Waals surface area (Å²) in [7, 11) is -1.85. The van der Waals surface area contributed by atoms with E-state index in [0.29, 0.717) is 16.6 Å². The van der Waals surface area contributed by atoms with E-state index in [2.05, 4.69) is 82.6 Å². The number of rotatable bonds is 4. The van der Waals surface area contributed by atoms with Gasteiger partial charge in [0.1, 0.15) is 13.7 Å². The zero-order valence-corrected chi connectivity index (χ0v) is 21.2. The van der Waals surface area contributed by atoms with Gasteiger partial charge in [-0.05, 0) is 48.5 Å². The minimum atomic E-state index is -1.85. The Morgan fingerprint density at radius 3 is 2.13 bits per heavy atom. The largest absolute Gasteiger partial charge is 0.444 e. The quantitative estimate of drug-likeness (QED) is 0.412. The summed E-state index contributed by atoms with van der Waals surface area (Å²) in [5, 5.41) is 3.11. The van der Waals surface area contributed by atoms with Gasteiger partial charge in [-0.2, -0.15) is 0 Å². The molecule has 30 heavy (non-hydrogen) atoms. The summed E-state index contributed by atoms with van der Waals surface area (Å²) in [6.45, 7) is 19.6. The summed E-state index contributed by atoms with van der Waals surface area (Å²) in [5.74, 6) is 3.55. The van der Waals surface area contributed by atoms with Crippen molar-refractivity contribution in [2.45, 2.75) is 90.6 Å². The van der Waals surface area contributed by atoms with Crippen molar-refractivity contribution in [2.75, 3.05) is 0 Å². The van der Waals surface area contributed by atoms with Gasteiger partial charge in [0.15, 0.2) is 0 Å². The summed E-state index contributed by atoms with van der Waals surface area (Å²) in [5.41, 5.74) is 7.22. The first-order valence-corrected chi connectivity index (χ1v) is 13.4. The van der Waals surface area contributed by atoms with Gasteiger partial charge in [0.05, 0.1) is 12.0 Å². The number of amides is 1. The molecule has 0 saturated carbocycles. The Morgan fingerprint density at radius 1 is 1.03 bits per heavy atom. The first-order valence-electron chi connectivity index (χ1n) is 11.2. The van der Waals surface area contributed by atoms with Crippen molar-refractivity contribution in [3.63, 3.8) is 0 Å². The number of carbonyl (C=O) groups excluding carboxylic acids is 1. The van der Waals surface area contributed by atoms with Gasteiger partial charge in [0.25, 0.3) is 0 Å². The van der Waals surface area contributed by atoms with Crippen LogP contribution in [0.25, 0.3) is 6.08 Å². The number of alkyl carbamates (subject to hydrolysis) is 1. The van der Waals surface area contributed by atoms with Crippen molar-refractivity contribution in [3.8, 4) is 11.5 Å². The molecule has 2 rings (SSSR count). The van der Waals surface area contributed by atoms with Gasteiger partial charge in [-0.15, -0.1) is 11.5 Å². The summed E-state index contributed by atoms with van der Waals surface area (Å²) in [6.07, 6.45) is 3.87. The van der Waals surface area contributed by atoms with Crippen LogP contribution in [0.2, 0.25) is 16.6 Å².